The summed E-state index contributed by atoms with van der Waals surface area (Å²) in [6, 6.07) is 10.1. The van der Waals surface area contributed by atoms with E-state index in [0.29, 0.717) is 34.0 Å². The van der Waals surface area contributed by atoms with E-state index >= 15 is 0 Å². The second-order valence-electron chi connectivity index (χ2n) is 7.77. The molecular weight excluding hydrogens is 380 g/mol. The number of benzene rings is 2. The van der Waals surface area contributed by atoms with Gasteiger partial charge in [-0.1, -0.05) is 29.3 Å². The molecule has 0 aliphatic carbocycles. The molecule has 0 aromatic heterocycles. The van der Waals surface area contributed by atoms with Gasteiger partial charge in [0, 0.05) is 5.02 Å². The summed E-state index contributed by atoms with van der Waals surface area (Å²) in [5.41, 5.74) is 2.19. The first-order valence-electron chi connectivity index (χ1n) is 8.92. The summed E-state index contributed by atoms with van der Waals surface area (Å²) in [6.07, 6.45) is 0. The molecule has 2 aromatic carbocycles. The van der Waals surface area contributed by atoms with Crippen LogP contribution in [0.5, 0.6) is 0 Å². The van der Waals surface area contributed by atoms with Crippen LogP contribution in [-0.2, 0) is 16.2 Å². The van der Waals surface area contributed by atoms with Crippen LogP contribution in [-0.4, -0.2) is 29.4 Å². The van der Waals surface area contributed by atoms with Gasteiger partial charge in [0.05, 0.1) is 35.4 Å². The number of amides is 3. The summed E-state index contributed by atoms with van der Waals surface area (Å²) >= 11 is 6.39. The fraction of sp³-hybridized carbons (Fsp3) is 0.286. The Morgan fingerprint density at radius 3 is 2.39 bits per heavy atom. The highest BCUT2D eigenvalue weighted by atomic mass is 35.5. The van der Waals surface area contributed by atoms with E-state index < -0.39 is 5.41 Å². The van der Waals surface area contributed by atoms with Crippen LogP contribution in [0.2, 0.25) is 5.02 Å². The molecule has 0 atom stereocenters. The molecular formula is C21H19ClN2O4. The van der Waals surface area contributed by atoms with Gasteiger partial charge in [-0.15, -0.1) is 0 Å². The van der Waals surface area contributed by atoms with Gasteiger partial charge in [0.1, 0.15) is 0 Å². The summed E-state index contributed by atoms with van der Waals surface area (Å²) in [7, 11) is 0. The molecule has 6 nitrogen and oxygen atoms in total. The highest BCUT2D eigenvalue weighted by Crippen LogP contribution is 2.33. The van der Waals surface area contributed by atoms with Crippen molar-refractivity contribution in [1.82, 2.24) is 5.06 Å². The third-order valence-electron chi connectivity index (χ3n) is 5.04. The molecule has 1 fully saturated rings. The van der Waals surface area contributed by atoms with Crippen LogP contribution in [0, 0.1) is 12.3 Å². The Morgan fingerprint density at radius 2 is 1.75 bits per heavy atom. The van der Waals surface area contributed by atoms with E-state index in [1.165, 1.54) is 5.06 Å². The number of aryl methyl sites for hydroxylation is 1. The lowest BCUT2D eigenvalue weighted by Crippen LogP contribution is -2.31. The van der Waals surface area contributed by atoms with Crippen LogP contribution in [0.1, 0.15) is 45.7 Å². The minimum Gasteiger partial charge on any atom is -0.272 e. The van der Waals surface area contributed by atoms with Crippen LogP contribution in [0.25, 0.3) is 0 Å². The minimum absolute atomic E-state index is 0.108. The van der Waals surface area contributed by atoms with Crippen molar-refractivity contribution in [3.63, 3.8) is 0 Å². The van der Waals surface area contributed by atoms with Crippen LogP contribution in [0.4, 0.5) is 5.69 Å². The molecule has 0 radical (unpaired) electrons. The van der Waals surface area contributed by atoms with Gasteiger partial charge in [-0.05, 0) is 50.6 Å². The van der Waals surface area contributed by atoms with E-state index in [4.69, 9.17) is 16.4 Å². The van der Waals surface area contributed by atoms with Crippen LogP contribution < -0.4 is 4.90 Å². The smallest absolute Gasteiger partial charge is 0.266 e. The molecule has 0 N–H and O–H groups in total. The maximum atomic E-state index is 12.7. The fourth-order valence-electron chi connectivity index (χ4n) is 3.36. The lowest BCUT2D eigenvalue weighted by molar-refractivity contribution is -0.165. The lowest BCUT2D eigenvalue weighted by atomic mass is 9.95. The average molecular weight is 399 g/mol. The van der Waals surface area contributed by atoms with E-state index in [-0.39, 0.29) is 24.3 Å². The van der Waals surface area contributed by atoms with E-state index in [0.717, 1.165) is 10.5 Å². The molecule has 1 saturated heterocycles. The number of anilines is 1. The Hall–Kier alpha value is -2.70. The monoisotopic (exact) mass is 398 g/mol. The van der Waals surface area contributed by atoms with Crippen molar-refractivity contribution in [3.05, 3.63) is 63.7 Å². The number of hydrogen-bond acceptors (Lipinski definition) is 4. The van der Waals surface area contributed by atoms with Crippen LogP contribution in [0.3, 0.4) is 0 Å². The molecule has 2 aliphatic heterocycles. The first-order valence-corrected chi connectivity index (χ1v) is 9.29. The SMILES string of the molecule is Cc1ccc2c(c1)C(=O)N(c1ccc(CN3OCC(C)(C)C3=O)c(Cl)c1)C2=O. The fourth-order valence-corrected chi connectivity index (χ4v) is 3.60. The van der Waals surface area contributed by atoms with E-state index in [1.807, 2.05) is 20.8 Å². The molecule has 2 heterocycles. The summed E-state index contributed by atoms with van der Waals surface area (Å²) < 4.78 is 0. The zero-order valence-corrected chi connectivity index (χ0v) is 16.5. The van der Waals surface area contributed by atoms with Gasteiger partial charge >= 0.3 is 0 Å². The number of halogens is 1. The van der Waals surface area contributed by atoms with Crippen molar-refractivity contribution in [2.24, 2.45) is 5.41 Å². The Bertz CT molecular complexity index is 1030. The second kappa shape index (κ2) is 6.43. The van der Waals surface area contributed by atoms with Gasteiger partial charge in [0.25, 0.3) is 17.7 Å². The van der Waals surface area contributed by atoms with Gasteiger partial charge in [0.2, 0.25) is 0 Å². The Labute approximate surface area is 167 Å². The average Bonchev–Trinajstić information content (AvgIpc) is 3.04. The first kappa shape index (κ1) is 18.7. The molecule has 4 rings (SSSR count). The molecule has 28 heavy (non-hydrogen) atoms. The number of imide groups is 1. The lowest BCUT2D eigenvalue weighted by Gasteiger charge is -2.19. The van der Waals surface area contributed by atoms with Gasteiger partial charge in [0.15, 0.2) is 0 Å². The Morgan fingerprint density at radius 1 is 1.04 bits per heavy atom. The molecule has 0 spiro atoms. The quantitative estimate of drug-likeness (QED) is 0.738. The number of nitrogens with zero attached hydrogens (tertiary/aromatic N) is 2. The largest absolute Gasteiger partial charge is 0.272 e. The predicted molar refractivity (Wildman–Crippen MR) is 104 cm³/mol. The normalized spacial score (nSPS) is 18.2. The topological polar surface area (TPSA) is 66.9 Å². The van der Waals surface area contributed by atoms with Crippen molar-refractivity contribution in [2.75, 3.05) is 11.5 Å². The molecule has 7 heteroatoms. The van der Waals surface area contributed by atoms with Crippen molar-refractivity contribution in [1.29, 1.82) is 0 Å². The Balaban J connectivity index is 1.60. The van der Waals surface area contributed by atoms with Crippen LogP contribution >= 0.6 is 11.6 Å². The number of fused-ring (bicyclic) bond motifs is 1. The summed E-state index contributed by atoms with van der Waals surface area (Å²) in [5.74, 6) is -0.848. The number of carbonyl (C=O) groups excluding carboxylic acids is 3. The molecule has 0 bridgehead atoms. The molecule has 144 valence electrons. The van der Waals surface area contributed by atoms with Gasteiger partial charge in [-0.2, -0.15) is 0 Å². The van der Waals surface area contributed by atoms with Crippen molar-refractivity contribution in [2.45, 2.75) is 27.3 Å². The maximum Gasteiger partial charge on any atom is 0.266 e. The highest BCUT2D eigenvalue weighted by Gasteiger charge is 2.41. The molecule has 0 unspecified atom stereocenters. The molecule has 2 aliphatic rings. The summed E-state index contributed by atoms with van der Waals surface area (Å²) in [4.78, 5) is 44.3. The zero-order valence-electron chi connectivity index (χ0n) is 15.8. The summed E-state index contributed by atoms with van der Waals surface area (Å²) in [6.45, 7) is 6.03. The molecule has 0 saturated carbocycles. The number of rotatable bonds is 3. The standard InChI is InChI=1S/C21H19ClN2O4/c1-12-4-7-15-16(8-12)19(26)24(18(15)25)14-6-5-13(17(22)9-14)10-23-20(27)21(2,3)11-28-23/h4-9H,10-11H2,1-3H3. The van der Waals surface area contributed by atoms with E-state index in [9.17, 15) is 14.4 Å². The Kier molecular flexibility index (Phi) is 4.28. The molecule has 2 aromatic rings. The third-order valence-corrected chi connectivity index (χ3v) is 5.39. The minimum atomic E-state index is -0.565. The number of carbonyl (C=O) groups is 3. The van der Waals surface area contributed by atoms with Crippen molar-refractivity contribution < 1.29 is 19.2 Å². The number of hydrogen-bond donors (Lipinski definition) is 0. The zero-order chi connectivity index (χ0) is 20.2. The second-order valence-corrected chi connectivity index (χ2v) is 8.18. The van der Waals surface area contributed by atoms with Gasteiger partial charge in [-0.25, -0.2) is 9.96 Å². The maximum absolute atomic E-state index is 12.7. The third kappa shape index (κ3) is 2.89. The number of hydroxylamine groups is 2. The highest BCUT2D eigenvalue weighted by molar-refractivity contribution is 6.35. The van der Waals surface area contributed by atoms with E-state index in [2.05, 4.69) is 0 Å². The van der Waals surface area contributed by atoms with Crippen molar-refractivity contribution in [3.8, 4) is 0 Å². The van der Waals surface area contributed by atoms with E-state index in [1.54, 1.807) is 36.4 Å². The summed E-state index contributed by atoms with van der Waals surface area (Å²) in [5, 5.41) is 1.65. The van der Waals surface area contributed by atoms with Gasteiger partial charge < -0.3 is 0 Å². The first-order chi connectivity index (χ1) is 13.2. The molecule has 3 amide bonds. The predicted octanol–water partition coefficient (Wildman–Crippen LogP) is 3.75. The van der Waals surface area contributed by atoms with Crippen LogP contribution in [0.15, 0.2) is 36.4 Å². The van der Waals surface area contributed by atoms with Crippen molar-refractivity contribution >= 4 is 35.0 Å². The van der Waals surface area contributed by atoms with Gasteiger partial charge in [-0.3, -0.25) is 19.2 Å².